The second kappa shape index (κ2) is 6.44. The summed E-state index contributed by atoms with van der Waals surface area (Å²) in [5, 5.41) is 0. The molecule has 0 heterocycles. The van der Waals surface area contributed by atoms with E-state index in [9.17, 15) is 0 Å². The molecule has 1 fully saturated rings. The van der Waals surface area contributed by atoms with E-state index in [4.69, 9.17) is 18.0 Å². The average Bonchev–Trinajstić information content (AvgIpc) is 2.93. The third kappa shape index (κ3) is 6.10. The Morgan fingerprint density at radius 1 is 1.40 bits per heavy atom. The molecule has 1 aliphatic carbocycles. The molecule has 0 amide bonds. The zero-order valence-electron chi connectivity index (χ0n) is 10.0. The molecule has 1 saturated carbocycles. The lowest BCUT2D eigenvalue weighted by Crippen LogP contribution is -2.30. The van der Waals surface area contributed by atoms with Crippen LogP contribution in [0.2, 0.25) is 0 Å². The summed E-state index contributed by atoms with van der Waals surface area (Å²) in [5.74, 6) is 0.821. The summed E-state index contributed by atoms with van der Waals surface area (Å²) in [6.45, 7) is 6.87. The van der Waals surface area contributed by atoms with Crippen LogP contribution < -0.4 is 5.73 Å². The molecular weight excluding hydrogens is 204 g/mol. The van der Waals surface area contributed by atoms with E-state index in [0.29, 0.717) is 4.99 Å². The molecule has 0 unspecified atom stereocenters. The maximum Gasteiger partial charge on any atom is 0.0740 e. The van der Waals surface area contributed by atoms with Crippen molar-refractivity contribution in [3.8, 4) is 0 Å². The van der Waals surface area contributed by atoms with E-state index in [2.05, 4.69) is 18.7 Å². The topological polar surface area (TPSA) is 29.3 Å². The molecule has 0 spiro atoms. The van der Waals surface area contributed by atoms with Gasteiger partial charge in [0, 0.05) is 19.0 Å². The van der Waals surface area contributed by atoms with Crippen molar-refractivity contribution in [3.63, 3.8) is 0 Å². The van der Waals surface area contributed by atoms with Crippen LogP contribution in [-0.2, 0) is 0 Å². The highest BCUT2D eigenvalue weighted by molar-refractivity contribution is 7.80. The lowest BCUT2D eigenvalue weighted by Gasteiger charge is -2.22. The minimum Gasteiger partial charge on any atom is -0.393 e. The molecule has 0 radical (unpaired) electrons. The van der Waals surface area contributed by atoms with E-state index < -0.39 is 0 Å². The maximum atomic E-state index is 5.54. The Hall–Kier alpha value is -0.150. The second-order valence-electron chi connectivity index (χ2n) is 5.02. The van der Waals surface area contributed by atoms with Crippen molar-refractivity contribution in [2.24, 2.45) is 11.7 Å². The zero-order chi connectivity index (χ0) is 11.3. The summed E-state index contributed by atoms with van der Waals surface area (Å²) in [6, 6.07) is 0.839. The normalized spacial score (nSPS) is 16.3. The SMILES string of the molecule is CC(C)CCCN(CCC(N)=S)C1CC1. The molecule has 2 N–H and O–H groups in total. The quantitative estimate of drug-likeness (QED) is 0.647. The Labute approximate surface area is 99.2 Å². The molecule has 2 nitrogen and oxygen atoms in total. The summed E-state index contributed by atoms with van der Waals surface area (Å²) in [7, 11) is 0. The number of nitrogens with zero attached hydrogens (tertiary/aromatic N) is 1. The first-order valence-electron chi connectivity index (χ1n) is 6.12. The van der Waals surface area contributed by atoms with E-state index in [1.54, 1.807) is 0 Å². The maximum absolute atomic E-state index is 5.54. The highest BCUT2D eigenvalue weighted by atomic mass is 32.1. The number of hydrogen-bond acceptors (Lipinski definition) is 2. The fraction of sp³-hybridized carbons (Fsp3) is 0.917. The predicted octanol–water partition coefficient (Wildman–Crippen LogP) is 2.56. The van der Waals surface area contributed by atoms with Crippen molar-refractivity contribution >= 4 is 17.2 Å². The molecule has 88 valence electrons. The lowest BCUT2D eigenvalue weighted by atomic mass is 10.1. The van der Waals surface area contributed by atoms with Crippen molar-refractivity contribution in [1.29, 1.82) is 0 Å². The molecule has 15 heavy (non-hydrogen) atoms. The van der Waals surface area contributed by atoms with Gasteiger partial charge in [-0.15, -0.1) is 0 Å². The first-order chi connectivity index (χ1) is 7.09. The minimum atomic E-state index is 0.657. The lowest BCUT2D eigenvalue weighted by molar-refractivity contribution is 0.260. The van der Waals surface area contributed by atoms with Crippen LogP contribution in [0.25, 0.3) is 0 Å². The summed E-state index contributed by atoms with van der Waals surface area (Å²) in [6.07, 6.45) is 6.27. The Bertz CT molecular complexity index is 200. The van der Waals surface area contributed by atoms with Crippen molar-refractivity contribution in [3.05, 3.63) is 0 Å². The van der Waals surface area contributed by atoms with Gasteiger partial charge in [0.2, 0.25) is 0 Å². The van der Waals surface area contributed by atoms with E-state index in [0.717, 1.165) is 24.9 Å². The summed E-state index contributed by atoms with van der Waals surface area (Å²) < 4.78 is 0. The van der Waals surface area contributed by atoms with E-state index >= 15 is 0 Å². The average molecular weight is 228 g/mol. The van der Waals surface area contributed by atoms with Crippen molar-refractivity contribution < 1.29 is 0 Å². The monoisotopic (exact) mass is 228 g/mol. The molecule has 0 bridgehead atoms. The first kappa shape index (κ1) is 12.9. The van der Waals surface area contributed by atoms with Crippen LogP contribution in [0.5, 0.6) is 0 Å². The van der Waals surface area contributed by atoms with Gasteiger partial charge in [-0.1, -0.05) is 26.1 Å². The Balaban J connectivity index is 2.15. The number of nitrogens with two attached hydrogens (primary N) is 1. The van der Waals surface area contributed by atoms with E-state index in [1.165, 1.54) is 32.2 Å². The number of thiocarbonyl (C=S) groups is 1. The Kier molecular flexibility index (Phi) is 5.54. The van der Waals surface area contributed by atoms with Gasteiger partial charge in [-0.2, -0.15) is 0 Å². The van der Waals surface area contributed by atoms with Crippen LogP contribution in [0.4, 0.5) is 0 Å². The van der Waals surface area contributed by atoms with Crippen LogP contribution >= 0.6 is 12.2 Å². The van der Waals surface area contributed by atoms with Gasteiger partial charge in [0.25, 0.3) is 0 Å². The second-order valence-corrected chi connectivity index (χ2v) is 5.54. The summed E-state index contributed by atoms with van der Waals surface area (Å²) in [5.41, 5.74) is 5.54. The summed E-state index contributed by atoms with van der Waals surface area (Å²) >= 11 is 4.93. The van der Waals surface area contributed by atoms with E-state index in [-0.39, 0.29) is 0 Å². The molecule has 0 atom stereocenters. The largest absolute Gasteiger partial charge is 0.393 e. The third-order valence-electron chi connectivity index (χ3n) is 2.94. The highest BCUT2D eigenvalue weighted by Gasteiger charge is 2.28. The molecular formula is C12H24N2S. The zero-order valence-corrected chi connectivity index (χ0v) is 10.9. The molecule has 0 aliphatic heterocycles. The van der Waals surface area contributed by atoms with Crippen LogP contribution in [0.3, 0.4) is 0 Å². The van der Waals surface area contributed by atoms with Crippen LogP contribution in [0, 0.1) is 5.92 Å². The van der Waals surface area contributed by atoms with Crippen molar-refractivity contribution in [2.75, 3.05) is 13.1 Å². The predicted molar refractivity (Wildman–Crippen MR) is 70.1 cm³/mol. The van der Waals surface area contributed by atoms with Crippen molar-refractivity contribution in [1.82, 2.24) is 4.90 Å². The molecule has 3 heteroatoms. The van der Waals surface area contributed by atoms with E-state index in [1.807, 2.05) is 0 Å². The van der Waals surface area contributed by atoms with Gasteiger partial charge in [-0.05, 0) is 38.1 Å². The van der Waals surface area contributed by atoms with Crippen LogP contribution in [0.1, 0.15) is 46.0 Å². The number of hydrogen-bond donors (Lipinski definition) is 1. The molecule has 0 aromatic rings. The van der Waals surface area contributed by atoms with Gasteiger partial charge >= 0.3 is 0 Å². The molecule has 1 rings (SSSR count). The van der Waals surface area contributed by atoms with Gasteiger partial charge in [0.05, 0.1) is 4.99 Å². The fourth-order valence-electron chi connectivity index (χ4n) is 1.87. The van der Waals surface area contributed by atoms with Gasteiger partial charge < -0.3 is 5.73 Å². The van der Waals surface area contributed by atoms with Gasteiger partial charge in [0.15, 0.2) is 0 Å². The summed E-state index contributed by atoms with van der Waals surface area (Å²) in [4.78, 5) is 3.23. The molecule has 0 aromatic carbocycles. The van der Waals surface area contributed by atoms with Crippen molar-refractivity contribution in [2.45, 2.75) is 52.0 Å². The Morgan fingerprint density at radius 2 is 2.07 bits per heavy atom. The van der Waals surface area contributed by atoms with Gasteiger partial charge in [-0.25, -0.2) is 0 Å². The van der Waals surface area contributed by atoms with Crippen LogP contribution in [-0.4, -0.2) is 29.0 Å². The smallest absolute Gasteiger partial charge is 0.0740 e. The fourth-order valence-corrected chi connectivity index (χ4v) is 1.96. The molecule has 0 aromatic heterocycles. The first-order valence-corrected chi connectivity index (χ1v) is 6.52. The minimum absolute atomic E-state index is 0.657. The Morgan fingerprint density at radius 3 is 2.53 bits per heavy atom. The van der Waals surface area contributed by atoms with Crippen LogP contribution in [0.15, 0.2) is 0 Å². The number of rotatable bonds is 8. The third-order valence-corrected chi connectivity index (χ3v) is 3.14. The molecule has 1 aliphatic rings. The highest BCUT2D eigenvalue weighted by Crippen LogP contribution is 2.27. The molecule has 0 saturated heterocycles. The standard InChI is InChI=1S/C12H24N2S/c1-10(2)4-3-8-14(11-5-6-11)9-7-12(13)15/h10-11H,3-9H2,1-2H3,(H2,13,15). The van der Waals surface area contributed by atoms with Gasteiger partial charge in [-0.3, -0.25) is 4.90 Å². The van der Waals surface area contributed by atoms with Gasteiger partial charge in [0.1, 0.15) is 0 Å².